The zero-order valence-corrected chi connectivity index (χ0v) is 13.5. The topological polar surface area (TPSA) is 72.9 Å². The van der Waals surface area contributed by atoms with Crippen LogP contribution in [0.1, 0.15) is 28.7 Å². The molecule has 2 heterocycles. The highest BCUT2D eigenvalue weighted by molar-refractivity contribution is 6.34. The Kier molecular flexibility index (Phi) is 4.12. The summed E-state index contributed by atoms with van der Waals surface area (Å²) in [7, 11) is 0. The number of amides is 1. The molecule has 0 saturated carbocycles. The summed E-state index contributed by atoms with van der Waals surface area (Å²) < 4.78 is 15.6. The summed E-state index contributed by atoms with van der Waals surface area (Å²) in [5.74, 6) is -0.630. The maximum absolute atomic E-state index is 14.1. The van der Waals surface area contributed by atoms with Crippen LogP contribution in [0, 0.1) is 0 Å². The van der Waals surface area contributed by atoms with Gasteiger partial charge in [0.25, 0.3) is 5.91 Å². The first kappa shape index (κ1) is 16.0. The third kappa shape index (κ3) is 2.96. The van der Waals surface area contributed by atoms with E-state index in [4.69, 9.17) is 17.3 Å². The van der Waals surface area contributed by atoms with Crippen LogP contribution >= 0.6 is 11.6 Å². The molecule has 1 aromatic heterocycles. The molecule has 3 rings (SSSR count). The molecule has 1 amide bonds. The molecule has 122 valence electrons. The number of benzene rings is 1. The van der Waals surface area contributed by atoms with Gasteiger partial charge >= 0.3 is 0 Å². The lowest BCUT2D eigenvalue weighted by atomic mass is 9.91. The van der Waals surface area contributed by atoms with Crippen molar-refractivity contribution in [2.24, 2.45) is 5.73 Å². The summed E-state index contributed by atoms with van der Waals surface area (Å²) in [6.07, 6.45) is 0.963. The van der Waals surface area contributed by atoms with Gasteiger partial charge in [0.1, 0.15) is 5.67 Å². The van der Waals surface area contributed by atoms with Crippen LogP contribution in [-0.2, 0) is 12.8 Å². The molecule has 0 radical (unpaired) electrons. The van der Waals surface area contributed by atoms with Crippen LogP contribution in [0.25, 0.3) is 5.69 Å². The Morgan fingerprint density at radius 3 is 2.57 bits per heavy atom. The number of nitrogens with two attached hydrogens (primary N) is 1. The first-order valence-corrected chi connectivity index (χ1v) is 7.87. The number of alkyl halides is 1. The molecule has 0 spiro atoms. The minimum Gasteiger partial charge on any atom is -0.364 e. The molecule has 0 atom stereocenters. The Hall–Kier alpha value is -1.92. The fourth-order valence-corrected chi connectivity index (χ4v) is 3.06. The number of nitrogens with one attached hydrogen (secondary N) is 1. The molecule has 2 aromatic rings. The molecular weight excluding hydrogens is 319 g/mol. The summed E-state index contributed by atoms with van der Waals surface area (Å²) in [6, 6.07) is 7.25. The largest absolute Gasteiger partial charge is 0.364 e. The lowest BCUT2D eigenvalue weighted by Crippen LogP contribution is -2.57. The number of primary amides is 1. The van der Waals surface area contributed by atoms with Gasteiger partial charge in [-0.25, -0.2) is 9.07 Å². The minimum atomic E-state index is -1.16. The zero-order chi connectivity index (χ0) is 16.6. The summed E-state index contributed by atoms with van der Waals surface area (Å²) in [5.41, 5.74) is 6.61. The highest BCUT2D eigenvalue weighted by Gasteiger charge is 2.36. The SMILES string of the molecule is CCc1nn(-c2ccc(CC3(F)CNC3)cc2)c(C(N)=O)c1Cl. The predicted molar refractivity (Wildman–Crippen MR) is 86.9 cm³/mol. The predicted octanol–water partition coefficient (Wildman–Crippen LogP) is 2.04. The van der Waals surface area contributed by atoms with Crippen LogP contribution in [0.4, 0.5) is 4.39 Å². The van der Waals surface area contributed by atoms with Crippen molar-refractivity contribution < 1.29 is 9.18 Å². The van der Waals surface area contributed by atoms with Gasteiger partial charge < -0.3 is 11.1 Å². The highest BCUT2D eigenvalue weighted by atomic mass is 35.5. The molecule has 0 unspecified atom stereocenters. The number of halogens is 2. The van der Waals surface area contributed by atoms with E-state index < -0.39 is 11.6 Å². The second-order valence-electron chi connectivity index (χ2n) is 5.84. The first-order chi connectivity index (χ1) is 10.9. The van der Waals surface area contributed by atoms with Crippen LogP contribution in [0.15, 0.2) is 24.3 Å². The van der Waals surface area contributed by atoms with Gasteiger partial charge in [-0.2, -0.15) is 5.10 Å². The number of hydrogen-bond acceptors (Lipinski definition) is 3. The smallest absolute Gasteiger partial charge is 0.269 e. The van der Waals surface area contributed by atoms with E-state index >= 15 is 0 Å². The highest BCUT2D eigenvalue weighted by Crippen LogP contribution is 2.26. The zero-order valence-electron chi connectivity index (χ0n) is 12.8. The summed E-state index contributed by atoms with van der Waals surface area (Å²) in [6.45, 7) is 2.67. The maximum Gasteiger partial charge on any atom is 0.269 e. The molecule has 23 heavy (non-hydrogen) atoms. The second kappa shape index (κ2) is 5.94. The van der Waals surface area contributed by atoms with E-state index in [0.29, 0.717) is 37.3 Å². The standard InChI is InChI=1S/C16H18ClFN4O/c1-2-12-13(17)14(15(19)23)22(21-12)11-5-3-10(4-6-11)7-16(18)8-20-9-16/h3-6,20H,2,7-9H2,1H3,(H2,19,23). The van der Waals surface area contributed by atoms with Crippen LogP contribution in [0.2, 0.25) is 5.02 Å². The van der Waals surface area contributed by atoms with Crippen molar-refractivity contribution in [2.45, 2.75) is 25.4 Å². The van der Waals surface area contributed by atoms with Crippen molar-refractivity contribution in [3.05, 3.63) is 46.2 Å². The van der Waals surface area contributed by atoms with Crippen molar-refractivity contribution in [1.29, 1.82) is 0 Å². The Labute approximate surface area is 138 Å². The van der Waals surface area contributed by atoms with Gasteiger partial charge in [-0.1, -0.05) is 30.7 Å². The van der Waals surface area contributed by atoms with Gasteiger partial charge in [0.05, 0.1) is 16.4 Å². The van der Waals surface area contributed by atoms with Gasteiger partial charge in [0, 0.05) is 19.5 Å². The monoisotopic (exact) mass is 336 g/mol. The third-order valence-corrected chi connectivity index (χ3v) is 4.44. The van der Waals surface area contributed by atoms with Crippen molar-refractivity contribution in [3.63, 3.8) is 0 Å². The lowest BCUT2D eigenvalue weighted by molar-refractivity contribution is 0.0911. The number of aromatic nitrogens is 2. The Bertz CT molecular complexity index is 737. The summed E-state index contributed by atoms with van der Waals surface area (Å²) in [5, 5.41) is 7.58. The molecule has 1 saturated heterocycles. The molecular formula is C16H18ClFN4O. The number of carbonyl (C=O) groups excluding carboxylic acids is 1. The van der Waals surface area contributed by atoms with Gasteiger partial charge in [-0.3, -0.25) is 4.79 Å². The number of rotatable bonds is 5. The number of carbonyl (C=O) groups is 1. The minimum absolute atomic E-state index is 0.168. The van der Waals surface area contributed by atoms with E-state index in [1.54, 1.807) is 12.1 Å². The quantitative estimate of drug-likeness (QED) is 0.877. The molecule has 1 aliphatic heterocycles. The summed E-state index contributed by atoms with van der Waals surface area (Å²) >= 11 is 6.18. The first-order valence-electron chi connectivity index (χ1n) is 7.49. The Morgan fingerprint density at radius 2 is 2.09 bits per heavy atom. The average molecular weight is 337 g/mol. The molecule has 0 bridgehead atoms. The van der Waals surface area contributed by atoms with Crippen LogP contribution in [0.3, 0.4) is 0 Å². The van der Waals surface area contributed by atoms with Gasteiger partial charge in [0.2, 0.25) is 0 Å². The van der Waals surface area contributed by atoms with Crippen molar-refractivity contribution in [1.82, 2.24) is 15.1 Å². The fraction of sp³-hybridized carbons (Fsp3) is 0.375. The van der Waals surface area contributed by atoms with Crippen molar-refractivity contribution in [3.8, 4) is 5.69 Å². The molecule has 7 heteroatoms. The average Bonchev–Trinajstić information content (AvgIpc) is 2.83. The van der Waals surface area contributed by atoms with Gasteiger partial charge in [-0.15, -0.1) is 0 Å². The third-order valence-electron chi connectivity index (χ3n) is 4.05. The number of hydrogen-bond donors (Lipinski definition) is 2. The van der Waals surface area contributed by atoms with Crippen LogP contribution < -0.4 is 11.1 Å². The Balaban J connectivity index is 1.91. The van der Waals surface area contributed by atoms with E-state index in [9.17, 15) is 9.18 Å². The second-order valence-corrected chi connectivity index (χ2v) is 6.21. The van der Waals surface area contributed by atoms with Crippen LogP contribution in [0.5, 0.6) is 0 Å². The molecule has 1 aliphatic rings. The van der Waals surface area contributed by atoms with E-state index in [2.05, 4.69) is 10.4 Å². The van der Waals surface area contributed by atoms with E-state index in [0.717, 1.165) is 5.56 Å². The van der Waals surface area contributed by atoms with E-state index in [1.807, 2.05) is 19.1 Å². The van der Waals surface area contributed by atoms with Crippen molar-refractivity contribution >= 4 is 17.5 Å². The molecule has 1 aromatic carbocycles. The number of nitrogens with zero attached hydrogens (tertiary/aromatic N) is 2. The molecule has 5 nitrogen and oxygen atoms in total. The maximum atomic E-state index is 14.1. The fourth-order valence-electron chi connectivity index (χ4n) is 2.71. The molecule has 3 N–H and O–H groups in total. The summed E-state index contributed by atoms with van der Waals surface area (Å²) in [4.78, 5) is 11.7. The van der Waals surface area contributed by atoms with Crippen LogP contribution in [-0.4, -0.2) is 34.4 Å². The van der Waals surface area contributed by atoms with Crippen molar-refractivity contribution in [2.75, 3.05) is 13.1 Å². The lowest BCUT2D eigenvalue weighted by Gasteiger charge is -2.35. The van der Waals surface area contributed by atoms with Gasteiger partial charge in [-0.05, 0) is 24.1 Å². The van der Waals surface area contributed by atoms with E-state index in [1.165, 1.54) is 4.68 Å². The normalized spacial score (nSPS) is 16.1. The van der Waals surface area contributed by atoms with E-state index in [-0.39, 0.29) is 10.7 Å². The molecule has 1 fully saturated rings. The Morgan fingerprint density at radius 1 is 1.43 bits per heavy atom. The van der Waals surface area contributed by atoms with Gasteiger partial charge in [0.15, 0.2) is 5.69 Å². The number of aryl methyl sites for hydroxylation is 1. The molecule has 0 aliphatic carbocycles.